The number of para-hydroxylation sites is 1. The van der Waals surface area contributed by atoms with Crippen LogP contribution in [0.1, 0.15) is 56.6 Å². The molecule has 2 aromatic heterocycles. The van der Waals surface area contributed by atoms with Crippen LogP contribution >= 0.6 is 23.7 Å². The maximum atomic E-state index is 6.23. The fourth-order valence-corrected chi connectivity index (χ4v) is 5.07. The van der Waals surface area contributed by atoms with E-state index in [4.69, 9.17) is 4.74 Å². The van der Waals surface area contributed by atoms with Gasteiger partial charge in [-0.3, -0.25) is 4.98 Å². The quantitative estimate of drug-likeness (QED) is 0.588. The van der Waals surface area contributed by atoms with Gasteiger partial charge in [-0.1, -0.05) is 42.7 Å². The minimum atomic E-state index is 0. The number of halogens is 1. The van der Waals surface area contributed by atoms with Crippen molar-refractivity contribution in [1.82, 2.24) is 15.0 Å². The summed E-state index contributed by atoms with van der Waals surface area (Å²) in [5, 5.41) is 4.55. The van der Waals surface area contributed by atoms with Gasteiger partial charge in [-0.2, -0.15) is 0 Å². The zero-order chi connectivity index (χ0) is 18.1. The lowest BCUT2D eigenvalue weighted by atomic mass is 9.86. The largest absolute Gasteiger partial charge is 0.473 e. The second-order valence-electron chi connectivity index (χ2n) is 7.62. The molecular weight excluding hydrogens is 392 g/mol. The molecule has 2 fully saturated rings. The van der Waals surface area contributed by atoms with Crippen molar-refractivity contribution >= 4 is 39.1 Å². The summed E-state index contributed by atoms with van der Waals surface area (Å²) in [6.07, 6.45) is 12.1. The van der Waals surface area contributed by atoms with Gasteiger partial charge in [-0.15, -0.1) is 12.4 Å². The first-order valence-corrected chi connectivity index (χ1v) is 10.8. The van der Waals surface area contributed by atoms with Gasteiger partial charge >= 0.3 is 0 Å². The second-order valence-corrected chi connectivity index (χ2v) is 8.65. The van der Waals surface area contributed by atoms with Crippen molar-refractivity contribution in [3.8, 4) is 5.88 Å². The molecule has 0 unspecified atom stereocenters. The van der Waals surface area contributed by atoms with Crippen molar-refractivity contribution in [2.24, 2.45) is 0 Å². The number of rotatable bonds is 5. The van der Waals surface area contributed by atoms with E-state index in [9.17, 15) is 0 Å². The summed E-state index contributed by atoms with van der Waals surface area (Å²) in [5.41, 5.74) is 2.13. The Balaban J connectivity index is 0.00000192. The van der Waals surface area contributed by atoms with Crippen LogP contribution in [-0.2, 0) is 0 Å². The minimum Gasteiger partial charge on any atom is -0.473 e. The number of aromatic nitrogens is 3. The summed E-state index contributed by atoms with van der Waals surface area (Å²) in [6.45, 7) is 0. The Bertz CT molecular complexity index is 888. The van der Waals surface area contributed by atoms with Crippen molar-refractivity contribution in [1.29, 1.82) is 0 Å². The van der Waals surface area contributed by atoms with Crippen LogP contribution in [-0.4, -0.2) is 27.1 Å². The van der Waals surface area contributed by atoms with Crippen LogP contribution in [0.5, 0.6) is 5.88 Å². The number of anilines is 1. The molecular formula is C21H25ClN4OS. The molecule has 7 heteroatoms. The van der Waals surface area contributed by atoms with Crippen molar-refractivity contribution < 1.29 is 4.74 Å². The molecule has 1 N–H and O–H groups in total. The van der Waals surface area contributed by atoms with Crippen LogP contribution in [0.25, 0.3) is 10.2 Å². The van der Waals surface area contributed by atoms with Gasteiger partial charge in [0.1, 0.15) is 11.8 Å². The monoisotopic (exact) mass is 416 g/mol. The minimum absolute atomic E-state index is 0. The average Bonchev–Trinajstić information content (AvgIpc) is 3.10. The van der Waals surface area contributed by atoms with Crippen LogP contribution < -0.4 is 10.1 Å². The van der Waals surface area contributed by atoms with E-state index in [1.807, 2.05) is 6.07 Å². The first-order chi connectivity index (χ1) is 13.3. The van der Waals surface area contributed by atoms with Gasteiger partial charge in [0.15, 0.2) is 5.13 Å². The van der Waals surface area contributed by atoms with Gasteiger partial charge in [-0.05, 0) is 25.0 Å². The van der Waals surface area contributed by atoms with E-state index in [1.54, 1.807) is 23.7 Å². The summed E-state index contributed by atoms with van der Waals surface area (Å²) < 4.78 is 7.46. The van der Waals surface area contributed by atoms with E-state index in [0.717, 1.165) is 35.1 Å². The summed E-state index contributed by atoms with van der Waals surface area (Å²) in [6, 6.07) is 8.69. The van der Waals surface area contributed by atoms with Crippen LogP contribution in [0, 0.1) is 0 Å². The van der Waals surface area contributed by atoms with Gasteiger partial charge in [0.2, 0.25) is 5.88 Å². The number of fused-ring (bicyclic) bond motifs is 1. The molecule has 5 rings (SSSR count). The zero-order valence-electron chi connectivity index (χ0n) is 15.7. The highest BCUT2D eigenvalue weighted by molar-refractivity contribution is 7.22. The molecule has 0 atom stereocenters. The summed E-state index contributed by atoms with van der Waals surface area (Å²) >= 11 is 1.72. The van der Waals surface area contributed by atoms with E-state index in [1.165, 1.54) is 36.8 Å². The van der Waals surface area contributed by atoms with Gasteiger partial charge in [0.05, 0.1) is 10.2 Å². The average molecular weight is 417 g/mol. The van der Waals surface area contributed by atoms with Crippen molar-refractivity contribution in [2.45, 2.75) is 63.0 Å². The Morgan fingerprint density at radius 1 is 1.00 bits per heavy atom. The highest BCUT2D eigenvalue weighted by Crippen LogP contribution is 2.37. The molecule has 28 heavy (non-hydrogen) atoms. The number of nitrogens with one attached hydrogen (secondary N) is 1. The van der Waals surface area contributed by atoms with Crippen molar-refractivity contribution in [2.75, 3.05) is 5.32 Å². The molecule has 0 amide bonds. The van der Waals surface area contributed by atoms with Gasteiger partial charge in [-0.25, -0.2) is 9.97 Å². The fraction of sp³-hybridized carbons (Fsp3) is 0.476. The molecule has 0 saturated heterocycles. The molecule has 3 aromatic rings. The standard InChI is InChI=1S/C21H24N4OS.ClH/c1-2-6-14(7-3-1)19-20(23-11-10-22-19)26-16-12-15(13-16)24-21-25-17-8-4-5-9-18(17)27-21;/h4-5,8-11,14-16H,1-3,6-7,12-13H2,(H,24,25);1H. The smallest absolute Gasteiger partial charge is 0.236 e. The number of hydrogen-bond donors (Lipinski definition) is 1. The molecule has 0 radical (unpaired) electrons. The van der Waals surface area contributed by atoms with Crippen LogP contribution in [0.2, 0.25) is 0 Å². The van der Waals surface area contributed by atoms with Gasteiger partial charge < -0.3 is 10.1 Å². The number of ether oxygens (including phenoxy) is 1. The van der Waals surface area contributed by atoms with Crippen LogP contribution in [0.3, 0.4) is 0 Å². The summed E-state index contributed by atoms with van der Waals surface area (Å²) in [4.78, 5) is 13.8. The highest BCUT2D eigenvalue weighted by Gasteiger charge is 2.33. The maximum absolute atomic E-state index is 6.23. The third-order valence-corrected chi connectivity index (χ3v) is 6.65. The molecule has 2 aliphatic rings. The number of thiazole rings is 1. The normalized spacial score (nSPS) is 22.3. The maximum Gasteiger partial charge on any atom is 0.236 e. The first-order valence-electron chi connectivity index (χ1n) is 9.95. The van der Waals surface area contributed by atoms with E-state index in [0.29, 0.717) is 12.0 Å². The van der Waals surface area contributed by atoms with Crippen molar-refractivity contribution in [3.05, 3.63) is 42.4 Å². The lowest BCUT2D eigenvalue weighted by Crippen LogP contribution is -2.42. The number of hydrogen-bond acceptors (Lipinski definition) is 6. The second kappa shape index (κ2) is 8.62. The molecule has 2 aliphatic carbocycles. The van der Waals surface area contributed by atoms with Crippen LogP contribution in [0.4, 0.5) is 5.13 Å². The highest BCUT2D eigenvalue weighted by atomic mass is 35.5. The lowest BCUT2D eigenvalue weighted by Gasteiger charge is -2.36. The predicted octanol–water partition coefficient (Wildman–Crippen LogP) is 5.58. The summed E-state index contributed by atoms with van der Waals surface area (Å²) in [7, 11) is 0. The first kappa shape index (κ1) is 19.4. The van der Waals surface area contributed by atoms with E-state index in [-0.39, 0.29) is 18.5 Å². The molecule has 0 bridgehead atoms. The molecule has 1 aromatic carbocycles. The Hall–Kier alpha value is -1.92. The van der Waals surface area contributed by atoms with Crippen molar-refractivity contribution in [3.63, 3.8) is 0 Å². The summed E-state index contributed by atoms with van der Waals surface area (Å²) in [5.74, 6) is 1.27. The Labute approximate surface area is 175 Å². The Kier molecular flexibility index (Phi) is 5.97. The third-order valence-electron chi connectivity index (χ3n) is 5.68. The SMILES string of the molecule is Cl.c1ccc2sc(NC3CC(Oc4nccnc4C4CCCCC4)C3)nc2c1. The number of nitrogens with zero attached hydrogens (tertiary/aromatic N) is 3. The lowest BCUT2D eigenvalue weighted by molar-refractivity contribution is 0.0997. The molecule has 2 saturated carbocycles. The number of benzene rings is 1. The molecule has 0 aliphatic heterocycles. The van der Waals surface area contributed by atoms with E-state index >= 15 is 0 Å². The van der Waals surface area contributed by atoms with E-state index < -0.39 is 0 Å². The molecule has 0 spiro atoms. The Morgan fingerprint density at radius 3 is 2.61 bits per heavy atom. The molecule has 5 nitrogen and oxygen atoms in total. The predicted molar refractivity (Wildman–Crippen MR) is 116 cm³/mol. The van der Waals surface area contributed by atoms with Gasteiger partial charge in [0.25, 0.3) is 0 Å². The molecule has 2 heterocycles. The van der Waals surface area contributed by atoms with Gasteiger partial charge in [0, 0.05) is 37.2 Å². The zero-order valence-corrected chi connectivity index (χ0v) is 17.3. The topological polar surface area (TPSA) is 59.9 Å². The van der Waals surface area contributed by atoms with Crippen LogP contribution in [0.15, 0.2) is 36.7 Å². The fourth-order valence-electron chi connectivity index (χ4n) is 4.13. The Morgan fingerprint density at radius 2 is 1.79 bits per heavy atom. The molecule has 148 valence electrons. The third kappa shape index (κ3) is 4.08. The van der Waals surface area contributed by atoms with E-state index in [2.05, 4.69) is 38.5 Å².